The summed E-state index contributed by atoms with van der Waals surface area (Å²) in [4.78, 5) is 21.1. The fourth-order valence-electron chi connectivity index (χ4n) is 1.39. The first-order chi connectivity index (χ1) is 6.90. The van der Waals surface area contributed by atoms with Crippen LogP contribution in [-0.2, 0) is 10.3 Å². The zero-order chi connectivity index (χ0) is 11.6. The number of aromatic nitrogens is 2. The van der Waals surface area contributed by atoms with Gasteiger partial charge >= 0.3 is 5.97 Å². The van der Waals surface area contributed by atoms with Gasteiger partial charge in [0.2, 0.25) is 0 Å². The molecule has 5 heteroatoms. The average Bonchev–Trinajstić information content (AvgIpc) is 2.16. The first kappa shape index (κ1) is 11.6. The lowest BCUT2D eigenvalue weighted by Crippen LogP contribution is -2.47. The molecule has 0 saturated carbocycles. The van der Waals surface area contributed by atoms with Gasteiger partial charge in [0.25, 0.3) is 0 Å². The zero-order valence-electron chi connectivity index (χ0n) is 9.35. The Bertz CT molecular complexity index is 379. The van der Waals surface area contributed by atoms with Gasteiger partial charge in [0.05, 0.1) is 11.4 Å². The van der Waals surface area contributed by atoms with Gasteiger partial charge in [-0.05, 0) is 27.9 Å². The summed E-state index contributed by atoms with van der Waals surface area (Å²) in [5.74, 6) is -0.934. The molecular formula is C10H15N3O2. The summed E-state index contributed by atoms with van der Waals surface area (Å²) in [6, 6.07) is 0. The van der Waals surface area contributed by atoms with Crippen LogP contribution < -0.4 is 0 Å². The van der Waals surface area contributed by atoms with Crippen molar-refractivity contribution < 1.29 is 9.90 Å². The van der Waals surface area contributed by atoms with E-state index in [1.165, 1.54) is 6.20 Å². The summed E-state index contributed by atoms with van der Waals surface area (Å²) in [6.07, 6.45) is 3.06. The fraction of sp³-hybridized carbons (Fsp3) is 0.500. The average molecular weight is 209 g/mol. The lowest BCUT2D eigenvalue weighted by atomic mass is 9.94. The van der Waals surface area contributed by atoms with Crippen LogP contribution in [0.15, 0.2) is 12.4 Å². The number of carboxylic acid groups (broad SMARTS) is 1. The van der Waals surface area contributed by atoms with Crippen LogP contribution in [0.3, 0.4) is 0 Å². The molecule has 15 heavy (non-hydrogen) atoms. The third-order valence-electron chi connectivity index (χ3n) is 2.65. The third kappa shape index (κ3) is 1.83. The molecule has 0 spiro atoms. The number of nitrogens with zero attached hydrogens (tertiary/aromatic N) is 3. The Hall–Kier alpha value is -1.49. The molecule has 0 aliphatic rings. The molecule has 1 aromatic heterocycles. The normalized spacial score (nSPS) is 15.0. The first-order valence-electron chi connectivity index (χ1n) is 4.59. The second kappa shape index (κ2) is 3.94. The van der Waals surface area contributed by atoms with E-state index >= 15 is 0 Å². The fourth-order valence-corrected chi connectivity index (χ4v) is 1.39. The Morgan fingerprint density at radius 3 is 2.33 bits per heavy atom. The summed E-state index contributed by atoms with van der Waals surface area (Å²) in [5.41, 5.74) is -0.0307. The highest BCUT2D eigenvalue weighted by Gasteiger charge is 2.40. The predicted octanol–water partition coefficient (Wildman–Crippen LogP) is 0.646. The molecule has 1 rings (SSSR count). The summed E-state index contributed by atoms with van der Waals surface area (Å²) < 4.78 is 0. The molecule has 0 bridgehead atoms. The molecule has 1 unspecified atom stereocenters. The lowest BCUT2D eigenvalue weighted by molar-refractivity contribution is -0.149. The maximum absolute atomic E-state index is 11.3. The Morgan fingerprint density at radius 2 is 1.93 bits per heavy atom. The third-order valence-corrected chi connectivity index (χ3v) is 2.65. The van der Waals surface area contributed by atoms with E-state index in [9.17, 15) is 9.90 Å². The minimum Gasteiger partial charge on any atom is -0.480 e. The van der Waals surface area contributed by atoms with Gasteiger partial charge in [-0.1, -0.05) is 0 Å². The summed E-state index contributed by atoms with van der Waals surface area (Å²) in [5, 5.41) is 9.27. The lowest BCUT2D eigenvalue weighted by Gasteiger charge is -2.31. The Morgan fingerprint density at radius 1 is 1.40 bits per heavy atom. The number of hydrogen-bond acceptors (Lipinski definition) is 4. The number of aryl methyl sites for hydroxylation is 1. The zero-order valence-corrected chi connectivity index (χ0v) is 9.35. The predicted molar refractivity (Wildman–Crippen MR) is 55.4 cm³/mol. The molecule has 82 valence electrons. The summed E-state index contributed by atoms with van der Waals surface area (Å²) in [7, 11) is 3.42. The summed E-state index contributed by atoms with van der Waals surface area (Å²) >= 11 is 0. The van der Waals surface area contributed by atoms with Crippen molar-refractivity contribution in [3.05, 3.63) is 23.8 Å². The van der Waals surface area contributed by atoms with Crippen molar-refractivity contribution in [3.63, 3.8) is 0 Å². The number of hydrogen-bond donors (Lipinski definition) is 1. The second-order valence-electron chi connectivity index (χ2n) is 3.76. The molecular weight excluding hydrogens is 194 g/mol. The Balaban J connectivity index is 3.34. The van der Waals surface area contributed by atoms with Gasteiger partial charge in [0.1, 0.15) is 0 Å². The largest absolute Gasteiger partial charge is 0.480 e. The quantitative estimate of drug-likeness (QED) is 0.791. The molecule has 0 radical (unpaired) electrons. The van der Waals surface area contributed by atoms with Crippen LogP contribution in [0.2, 0.25) is 0 Å². The van der Waals surface area contributed by atoms with Gasteiger partial charge in [-0.2, -0.15) is 0 Å². The van der Waals surface area contributed by atoms with Crippen molar-refractivity contribution in [1.29, 1.82) is 0 Å². The number of carboxylic acids is 1. The van der Waals surface area contributed by atoms with E-state index in [4.69, 9.17) is 0 Å². The van der Waals surface area contributed by atoms with Gasteiger partial charge in [-0.3, -0.25) is 14.9 Å². The Labute approximate surface area is 88.8 Å². The molecule has 0 aliphatic carbocycles. The molecule has 1 N–H and O–H groups in total. The highest BCUT2D eigenvalue weighted by Crippen LogP contribution is 2.25. The maximum Gasteiger partial charge on any atom is 0.330 e. The molecule has 0 aromatic carbocycles. The van der Waals surface area contributed by atoms with E-state index < -0.39 is 11.5 Å². The van der Waals surface area contributed by atoms with Crippen LogP contribution in [0.25, 0.3) is 0 Å². The number of rotatable bonds is 3. The SMILES string of the molecule is Cc1nccnc1C(C)(C(=O)O)N(C)C. The number of carbonyl (C=O) groups is 1. The molecule has 5 nitrogen and oxygen atoms in total. The molecule has 0 aliphatic heterocycles. The monoisotopic (exact) mass is 209 g/mol. The molecule has 0 fully saturated rings. The van der Waals surface area contributed by atoms with Crippen molar-refractivity contribution in [1.82, 2.24) is 14.9 Å². The van der Waals surface area contributed by atoms with Gasteiger partial charge in [-0.15, -0.1) is 0 Å². The summed E-state index contributed by atoms with van der Waals surface area (Å²) in [6.45, 7) is 3.37. The van der Waals surface area contributed by atoms with E-state index in [0.717, 1.165) is 0 Å². The topological polar surface area (TPSA) is 66.3 Å². The minimum atomic E-state index is -1.14. The second-order valence-corrected chi connectivity index (χ2v) is 3.76. The molecule has 0 saturated heterocycles. The van der Waals surface area contributed by atoms with Crippen LogP contribution in [0.5, 0.6) is 0 Å². The van der Waals surface area contributed by atoms with Crippen molar-refractivity contribution in [3.8, 4) is 0 Å². The van der Waals surface area contributed by atoms with Crippen molar-refractivity contribution in [2.45, 2.75) is 19.4 Å². The molecule has 1 heterocycles. The number of aliphatic carboxylic acids is 1. The first-order valence-corrected chi connectivity index (χ1v) is 4.59. The van der Waals surface area contributed by atoms with Crippen LogP contribution in [0.4, 0.5) is 0 Å². The van der Waals surface area contributed by atoms with Gasteiger partial charge in [-0.25, -0.2) is 4.79 Å². The van der Waals surface area contributed by atoms with E-state index in [2.05, 4.69) is 9.97 Å². The van der Waals surface area contributed by atoms with Gasteiger partial charge < -0.3 is 5.11 Å². The van der Waals surface area contributed by atoms with E-state index in [1.807, 2.05) is 0 Å². The Kier molecular flexibility index (Phi) is 3.04. The van der Waals surface area contributed by atoms with E-state index in [0.29, 0.717) is 11.4 Å². The van der Waals surface area contributed by atoms with Crippen LogP contribution in [0, 0.1) is 6.92 Å². The highest BCUT2D eigenvalue weighted by molar-refractivity contribution is 5.79. The maximum atomic E-state index is 11.3. The highest BCUT2D eigenvalue weighted by atomic mass is 16.4. The molecule has 1 atom stereocenters. The van der Waals surface area contributed by atoms with Gasteiger partial charge in [0, 0.05) is 12.4 Å². The number of likely N-dealkylation sites (N-methyl/N-ethyl adjacent to an activating group) is 1. The van der Waals surface area contributed by atoms with E-state index in [-0.39, 0.29) is 0 Å². The van der Waals surface area contributed by atoms with Crippen molar-refractivity contribution in [2.75, 3.05) is 14.1 Å². The van der Waals surface area contributed by atoms with Crippen LogP contribution >= 0.6 is 0 Å². The minimum absolute atomic E-state index is 0.475. The van der Waals surface area contributed by atoms with Crippen LogP contribution in [-0.4, -0.2) is 40.0 Å². The smallest absolute Gasteiger partial charge is 0.330 e. The van der Waals surface area contributed by atoms with Crippen molar-refractivity contribution >= 4 is 5.97 Å². The van der Waals surface area contributed by atoms with E-state index in [1.54, 1.807) is 39.0 Å². The van der Waals surface area contributed by atoms with Gasteiger partial charge in [0.15, 0.2) is 5.54 Å². The van der Waals surface area contributed by atoms with Crippen molar-refractivity contribution in [2.24, 2.45) is 0 Å². The van der Waals surface area contributed by atoms with Crippen LogP contribution in [0.1, 0.15) is 18.3 Å². The molecule has 0 amide bonds. The standard InChI is InChI=1S/C10H15N3O2/c1-7-8(12-6-5-11-7)10(2,9(14)15)13(3)4/h5-6H,1-4H3,(H,14,15). The molecule has 1 aromatic rings.